The summed E-state index contributed by atoms with van der Waals surface area (Å²) in [5, 5.41) is 1.70. The Morgan fingerprint density at radius 3 is 2.24 bits per heavy atom. The highest BCUT2D eigenvalue weighted by molar-refractivity contribution is 9.10. The molecule has 2 aliphatic rings. The predicted octanol–water partition coefficient (Wildman–Crippen LogP) is 5.29. The maximum Gasteiger partial charge on any atom is 0.266 e. The van der Waals surface area contributed by atoms with Crippen molar-refractivity contribution in [2.75, 3.05) is 16.6 Å². The molecule has 6 nitrogen and oxygen atoms in total. The van der Waals surface area contributed by atoms with Gasteiger partial charge in [0.15, 0.2) is 6.10 Å². The van der Waals surface area contributed by atoms with Gasteiger partial charge in [-0.25, -0.2) is 9.96 Å². The van der Waals surface area contributed by atoms with Crippen LogP contribution in [0, 0.1) is 5.92 Å². The minimum absolute atomic E-state index is 0.265. The minimum atomic E-state index is -0.887. The molecule has 2 amide bonds. The maximum atomic E-state index is 13.6. The lowest BCUT2D eigenvalue weighted by Crippen LogP contribution is -2.37. The fourth-order valence-electron chi connectivity index (χ4n) is 4.38. The molecule has 33 heavy (non-hydrogen) atoms. The van der Waals surface area contributed by atoms with Crippen molar-refractivity contribution in [1.82, 2.24) is 0 Å². The SMILES string of the molecule is CCCOc1ccc(N2C(=O)[C@H]3[C@@H](c4ccc(Br)cc4)N(c4ccccc4)O[C@H]3C2=O)cc1. The van der Waals surface area contributed by atoms with E-state index in [9.17, 15) is 9.59 Å². The molecule has 0 N–H and O–H groups in total. The lowest BCUT2D eigenvalue weighted by atomic mass is 9.90. The van der Waals surface area contributed by atoms with Gasteiger partial charge >= 0.3 is 0 Å². The average molecular weight is 507 g/mol. The van der Waals surface area contributed by atoms with E-state index in [2.05, 4.69) is 15.9 Å². The first-order valence-electron chi connectivity index (χ1n) is 11.0. The van der Waals surface area contributed by atoms with Gasteiger partial charge in [-0.1, -0.05) is 53.2 Å². The molecule has 3 aromatic carbocycles. The number of para-hydroxylation sites is 1. The zero-order chi connectivity index (χ0) is 22.9. The van der Waals surface area contributed by atoms with Crippen LogP contribution in [0.3, 0.4) is 0 Å². The van der Waals surface area contributed by atoms with Crippen LogP contribution in [-0.4, -0.2) is 24.5 Å². The molecule has 3 aromatic rings. The van der Waals surface area contributed by atoms with Crippen LogP contribution in [0.15, 0.2) is 83.3 Å². The van der Waals surface area contributed by atoms with E-state index in [4.69, 9.17) is 9.57 Å². The third-order valence-corrected chi connectivity index (χ3v) is 6.43. The van der Waals surface area contributed by atoms with Crippen molar-refractivity contribution < 1.29 is 19.2 Å². The summed E-state index contributed by atoms with van der Waals surface area (Å²) in [7, 11) is 0. The van der Waals surface area contributed by atoms with E-state index in [0.29, 0.717) is 18.0 Å². The van der Waals surface area contributed by atoms with Gasteiger partial charge in [-0.05, 0) is 60.5 Å². The lowest BCUT2D eigenvalue weighted by molar-refractivity contribution is -0.126. The van der Waals surface area contributed by atoms with E-state index in [1.807, 2.05) is 61.5 Å². The predicted molar refractivity (Wildman–Crippen MR) is 129 cm³/mol. The molecule has 5 rings (SSSR count). The van der Waals surface area contributed by atoms with E-state index >= 15 is 0 Å². The fraction of sp³-hybridized carbons (Fsp3) is 0.231. The Morgan fingerprint density at radius 1 is 0.879 bits per heavy atom. The lowest BCUT2D eigenvalue weighted by Gasteiger charge is -2.28. The Morgan fingerprint density at radius 2 is 1.58 bits per heavy atom. The summed E-state index contributed by atoms with van der Waals surface area (Å²) in [6.45, 7) is 2.65. The first kappa shape index (κ1) is 21.7. The molecule has 0 bridgehead atoms. The van der Waals surface area contributed by atoms with Crippen LogP contribution in [0.1, 0.15) is 24.9 Å². The van der Waals surface area contributed by atoms with Gasteiger partial charge in [-0.2, -0.15) is 0 Å². The molecular weight excluding hydrogens is 484 g/mol. The van der Waals surface area contributed by atoms with Crippen molar-refractivity contribution >= 4 is 39.1 Å². The smallest absolute Gasteiger partial charge is 0.266 e. The van der Waals surface area contributed by atoms with Crippen LogP contribution in [-0.2, 0) is 14.4 Å². The number of amides is 2. The van der Waals surface area contributed by atoms with Crippen LogP contribution in [0.2, 0.25) is 0 Å². The van der Waals surface area contributed by atoms with Crippen molar-refractivity contribution in [2.45, 2.75) is 25.5 Å². The maximum absolute atomic E-state index is 13.6. The number of hydroxylamine groups is 1. The Bertz CT molecular complexity index is 1150. The number of hydrogen-bond acceptors (Lipinski definition) is 5. The molecule has 0 spiro atoms. The summed E-state index contributed by atoms with van der Waals surface area (Å²) >= 11 is 3.47. The number of halogens is 1. The normalized spacial score (nSPS) is 22.1. The number of carbonyl (C=O) groups excluding carboxylic acids is 2. The Kier molecular flexibility index (Phi) is 5.91. The first-order valence-corrected chi connectivity index (χ1v) is 11.7. The minimum Gasteiger partial charge on any atom is -0.494 e. The number of ether oxygens (including phenoxy) is 1. The van der Waals surface area contributed by atoms with E-state index in [0.717, 1.165) is 22.1 Å². The molecule has 0 aromatic heterocycles. The number of benzene rings is 3. The molecule has 168 valence electrons. The van der Waals surface area contributed by atoms with E-state index in [1.165, 1.54) is 4.90 Å². The highest BCUT2D eigenvalue weighted by atomic mass is 79.9. The van der Waals surface area contributed by atoms with Crippen LogP contribution >= 0.6 is 15.9 Å². The number of nitrogens with zero attached hydrogens (tertiary/aromatic N) is 2. The number of rotatable bonds is 6. The van der Waals surface area contributed by atoms with E-state index < -0.39 is 18.1 Å². The Hall–Kier alpha value is -3.16. The summed E-state index contributed by atoms with van der Waals surface area (Å²) in [4.78, 5) is 34.4. The zero-order valence-corrected chi connectivity index (χ0v) is 19.6. The highest BCUT2D eigenvalue weighted by Gasteiger charge is 2.60. The average Bonchev–Trinajstić information content (AvgIpc) is 3.35. The third-order valence-electron chi connectivity index (χ3n) is 5.91. The number of imide groups is 1. The highest BCUT2D eigenvalue weighted by Crippen LogP contribution is 2.47. The summed E-state index contributed by atoms with van der Waals surface area (Å²) in [6, 6.07) is 23.9. The van der Waals surface area contributed by atoms with E-state index in [-0.39, 0.29) is 11.8 Å². The topological polar surface area (TPSA) is 59.1 Å². The van der Waals surface area contributed by atoms with Crippen LogP contribution in [0.5, 0.6) is 5.75 Å². The van der Waals surface area contributed by atoms with Gasteiger partial charge in [0.1, 0.15) is 11.7 Å². The number of anilines is 2. The molecule has 0 radical (unpaired) electrons. The van der Waals surface area contributed by atoms with Gasteiger partial charge in [-0.3, -0.25) is 14.4 Å². The zero-order valence-electron chi connectivity index (χ0n) is 18.1. The van der Waals surface area contributed by atoms with Crippen molar-refractivity contribution in [2.24, 2.45) is 5.92 Å². The van der Waals surface area contributed by atoms with Crippen LogP contribution in [0.4, 0.5) is 11.4 Å². The standard InChI is InChI=1S/C26H23BrN2O4/c1-2-16-32-21-14-12-19(13-15-21)28-25(30)22-23(17-8-10-18(27)11-9-17)29(33-24(22)26(28)31)20-6-4-3-5-7-20/h3-15,22-24H,2,16H2,1H3/t22-,23+,24+/m0/s1. The second kappa shape index (κ2) is 9.00. The van der Waals surface area contributed by atoms with Crippen molar-refractivity contribution in [3.63, 3.8) is 0 Å². The molecule has 3 atom stereocenters. The fourth-order valence-corrected chi connectivity index (χ4v) is 4.64. The quantitative estimate of drug-likeness (QED) is 0.425. The molecule has 2 fully saturated rings. The summed E-state index contributed by atoms with van der Waals surface area (Å²) < 4.78 is 6.56. The number of hydrogen-bond donors (Lipinski definition) is 0. The van der Waals surface area contributed by atoms with E-state index in [1.54, 1.807) is 29.3 Å². The van der Waals surface area contributed by atoms with Gasteiger partial charge in [0.2, 0.25) is 5.91 Å². The third kappa shape index (κ3) is 3.92. The molecule has 7 heteroatoms. The second-order valence-electron chi connectivity index (χ2n) is 8.06. The van der Waals surface area contributed by atoms with Crippen LogP contribution < -0.4 is 14.7 Å². The molecular formula is C26H23BrN2O4. The van der Waals surface area contributed by atoms with Crippen molar-refractivity contribution in [1.29, 1.82) is 0 Å². The monoisotopic (exact) mass is 506 g/mol. The summed E-state index contributed by atoms with van der Waals surface area (Å²) in [5.41, 5.74) is 2.22. The Labute approximate surface area is 200 Å². The van der Waals surface area contributed by atoms with Gasteiger partial charge in [0.25, 0.3) is 5.91 Å². The molecule has 2 heterocycles. The largest absolute Gasteiger partial charge is 0.494 e. The second-order valence-corrected chi connectivity index (χ2v) is 8.98. The van der Waals surface area contributed by atoms with Crippen LogP contribution in [0.25, 0.3) is 0 Å². The van der Waals surface area contributed by atoms with Gasteiger partial charge in [0.05, 0.1) is 24.0 Å². The molecule has 2 aliphatic heterocycles. The number of fused-ring (bicyclic) bond motifs is 1. The molecule has 0 unspecified atom stereocenters. The molecule has 2 saturated heterocycles. The van der Waals surface area contributed by atoms with Crippen molar-refractivity contribution in [3.8, 4) is 5.75 Å². The van der Waals surface area contributed by atoms with Crippen molar-refractivity contribution in [3.05, 3.63) is 88.9 Å². The molecule has 0 aliphatic carbocycles. The summed E-state index contributed by atoms with van der Waals surface area (Å²) in [6.07, 6.45) is 0.0170. The van der Waals surface area contributed by atoms with Gasteiger partial charge in [0, 0.05) is 4.47 Å². The Balaban J connectivity index is 1.49. The molecule has 0 saturated carbocycles. The first-order chi connectivity index (χ1) is 16.1. The summed E-state index contributed by atoms with van der Waals surface area (Å²) in [5.74, 6) is -0.569. The van der Waals surface area contributed by atoms with Gasteiger partial charge in [-0.15, -0.1) is 0 Å². The van der Waals surface area contributed by atoms with Gasteiger partial charge < -0.3 is 4.74 Å². The number of carbonyl (C=O) groups is 2.